The largest absolute Gasteiger partial charge is 0.493 e. The van der Waals surface area contributed by atoms with E-state index in [0.29, 0.717) is 23.7 Å². The fourth-order valence-electron chi connectivity index (χ4n) is 2.46. The van der Waals surface area contributed by atoms with Gasteiger partial charge in [-0.25, -0.2) is 0 Å². The van der Waals surface area contributed by atoms with Crippen molar-refractivity contribution >= 4 is 5.78 Å². The van der Waals surface area contributed by atoms with Crippen LogP contribution in [0, 0.1) is 5.92 Å². The first kappa shape index (κ1) is 14.9. The summed E-state index contributed by atoms with van der Waals surface area (Å²) in [6.45, 7) is 4.49. The van der Waals surface area contributed by atoms with Gasteiger partial charge in [-0.3, -0.25) is 4.79 Å². The SMILES string of the molecule is CCCOc1ccc(C(=O)C2CCCNC2)cc1OC. The summed E-state index contributed by atoms with van der Waals surface area (Å²) in [7, 11) is 1.60. The van der Waals surface area contributed by atoms with Gasteiger partial charge >= 0.3 is 0 Å². The summed E-state index contributed by atoms with van der Waals surface area (Å²) in [6, 6.07) is 5.46. The second kappa shape index (κ2) is 7.29. The summed E-state index contributed by atoms with van der Waals surface area (Å²) in [4.78, 5) is 12.5. The van der Waals surface area contributed by atoms with Gasteiger partial charge < -0.3 is 14.8 Å². The molecule has 0 amide bonds. The van der Waals surface area contributed by atoms with Gasteiger partial charge in [0.15, 0.2) is 17.3 Å². The van der Waals surface area contributed by atoms with Crippen molar-refractivity contribution in [1.82, 2.24) is 5.32 Å². The summed E-state index contributed by atoms with van der Waals surface area (Å²) in [5, 5.41) is 3.28. The lowest BCUT2D eigenvalue weighted by atomic mass is 9.91. The quantitative estimate of drug-likeness (QED) is 0.812. The number of carbonyl (C=O) groups excluding carboxylic acids is 1. The van der Waals surface area contributed by atoms with Crippen LogP contribution in [0.25, 0.3) is 0 Å². The number of benzene rings is 1. The lowest BCUT2D eigenvalue weighted by Crippen LogP contribution is -2.34. The first-order chi connectivity index (χ1) is 9.76. The highest BCUT2D eigenvalue weighted by molar-refractivity contribution is 5.98. The molecule has 1 unspecified atom stereocenters. The van der Waals surface area contributed by atoms with Crippen LogP contribution in [0.15, 0.2) is 18.2 Å². The van der Waals surface area contributed by atoms with E-state index in [1.807, 2.05) is 12.1 Å². The highest BCUT2D eigenvalue weighted by Crippen LogP contribution is 2.29. The molecule has 1 fully saturated rings. The first-order valence-electron chi connectivity index (χ1n) is 7.32. The van der Waals surface area contributed by atoms with Crippen LogP contribution in [0.1, 0.15) is 36.5 Å². The molecule has 1 saturated heterocycles. The summed E-state index contributed by atoms with van der Waals surface area (Å²) in [5.74, 6) is 1.61. The van der Waals surface area contributed by atoms with Crippen molar-refractivity contribution in [3.05, 3.63) is 23.8 Å². The molecule has 1 atom stereocenters. The Hall–Kier alpha value is -1.55. The van der Waals surface area contributed by atoms with Gasteiger partial charge in [0, 0.05) is 18.0 Å². The molecule has 2 rings (SSSR count). The minimum atomic E-state index is 0.0795. The Morgan fingerprint density at radius 1 is 1.40 bits per heavy atom. The van der Waals surface area contributed by atoms with Crippen LogP contribution >= 0.6 is 0 Å². The van der Waals surface area contributed by atoms with Crippen molar-refractivity contribution in [1.29, 1.82) is 0 Å². The Balaban J connectivity index is 2.13. The number of ketones is 1. The topological polar surface area (TPSA) is 47.6 Å². The Morgan fingerprint density at radius 3 is 2.90 bits per heavy atom. The van der Waals surface area contributed by atoms with Crippen molar-refractivity contribution in [2.45, 2.75) is 26.2 Å². The Labute approximate surface area is 120 Å². The van der Waals surface area contributed by atoms with E-state index in [2.05, 4.69) is 12.2 Å². The van der Waals surface area contributed by atoms with E-state index >= 15 is 0 Å². The zero-order valence-corrected chi connectivity index (χ0v) is 12.3. The number of ether oxygens (including phenoxy) is 2. The van der Waals surface area contributed by atoms with Gasteiger partial charge in [0.2, 0.25) is 0 Å². The van der Waals surface area contributed by atoms with Gasteiger partial charge in [-0.2, -0.15) is 0 Å². The third-order valence-electron chi connectivity index (χ3n) is 3.58. The van der Waals surface area contributed by atoms with Crippen LogP contribution < -0.4 is 14.8 Å². The van der Waals surface area contributed by atoms with Crippen LogP contribution in [0.3, 0.4) is 0 Å². The predicted octanol–water partition coefficient (Wildman–Crippen LogP) is 2.67. The highest BCUT2D eigenvalue weighted by Gasteiger charge is 2.23. The van der Waals surface area contributed by atoms with E-state index in [9.17, 15) is 4.79 Å². The van der Waals surface area contributed by atoms with Gasteiger partial charge in [-0.1, -0.05) is 6.92 Å². The molecule has 0 radical (unpaired) electrons. The fourth-order valence-corrected chi connectivity index (χ4v) is 2.46. The van der Waals surface area contributed by atoms with Crippen molar-refractivity contribution < 1.29 is 14.3 Å². The molecule has 1 N–H and O–H groups in total. The molecule has 0 spiro atoms. The average molecular weight is 277 g/mol. The van der Waals surface area contributed by atoms with Crippen molar-refractivity contribution in [3.8, 4) is 11.5 Å². The van der Waals surface area contributed by atoms with E-state index in [1.165, 1.54) is 0 Å². The normalized spacial score (nSPS) is 18.6. The smallest absolute Gasteiger partial charge is 0.167 e. The average Bonchev–Trinajstić information content (AvgIpc) is 2.52. The van der Waals surface area contributed by atoms with Gasteiger partial charge in [-0.05, 0) is 44.0 Å². The zero-order valence-electron chi connectivity index (χ0n) is 12.3. The Morgan fingerprint density at radius 2 is 2.25 bits per heavy atom. The van der Waals surface area contributed by atoms with Crippen molar-refractivity contribution in [2.24, 2.45) is 5.92 Å². The third-order valence-corrected chi connectivity index (χ3v) is 3.58. The third kappa shape index (κ3) is 3.51. The molecule has 1 heterocycles. The number of rotatable bonds is 6. The molecule has 0 bridgehead atoms. The molecule has 1 aliphatic rings. The molecule has 4 heteroatoms. The highest BCUT2D eigenvalue weighted by atomic mass is 16.5. The number of piperidine rings is 1. The number of hydrogen-bond acceptors (Lipinski definition) is 4. The van der Waals surface area contributed by atoms with Gasteiger partial charge in [0.05, 0.1) is 13.7 Å². The molecule has 4 nitrogen and oxygen atoms in total. The lowest BCUT2D eigenvalue weighted by molar-refractivity contribution is 0.0899. The van der Waals surface area contributed by atoms with Gasteiger partial charge in [-0.15, -0.1) is 0 Å². The summed E-state index contributed by atoms with van der Waals surface area (Å²) in [6.07, 6.45) is 2.96. The van der Waals surface area contributed by atoms with Crippen molar-refractivity contribution in [2.75, 3.05) is 26.8 Å². The fraction of sp³-hybridized carbons (Fsp3) is 0.562. The molecule has 0 aromatic heterocycles. The first-order valence-corrected chi connectivity index (χ1v) is 7.32. The maximum atomic E-state index is 12.5. The van der Waals surface area contributed by atoms with Gasteiger partial charge in [0.25, 0.3) is 0 Å². The summed E-state index contributed by atoms with van der Waals surface area (Å²) < 4.78 is 10.9. The van der Waals surface area contributed by atoms with E-state index in [4.69, 9.17) is 9.47 Å². The molecule has 1 aromatic carbocycles. The van der Waals surface area contributed by atoms with Crippen LogP contribution in [0.2, 0.25) is 0 Å². The molecule has 1 aliphatic heterocycles. The van der Waals surface area contributed by atoms with E-state index in [1.54, 1.807) is 13.2 Å². The minimum Gasteiger partial charge on any atom is -0.493 e. The number of carbonyl (C=O) groups is 1. The van der Waals surface area contributed by atoms with Crippen LogP contribution in [-0.4, -0.2) is 32.6 Å². The Bertz CT molecular complexity index is 453. The van der Waals surface area contributed by atoms with Crippen LogP contribution in [0.4, 0.5) is 0 Å². The molecule has 110 valence electrons. The minimum absolute atomic E-state index is 0.0795. The summed E-state index contributed by atoms with van der Waals surface area (Å²) in [5.41, 5.74) is 0.708. The molecule has 0 aliphatic carbocycles. The molecule has 1 aromatic rings. The number of methoxy groups -OCH3 is 1. The molecule has 0 saturated carbocycles. The second-order valence-electron chi connectivity index (χ2n) is 5.12. The lowest BCUT2D eigenvalue weighted by Gasteiger charge is -2.22. The maximum absolute atomic E-state index is 12.5. The molecular weight excluding hydrogens is 254 g/mol. The standard InChI is InChI=1S/C16H23NO3/c1-3-9-20-14-7-6-12(10-15(14)19-2)16(18)13-5-4-8-17-11-13/h6-7,10,13,17H,3-5,8-9,11H2,1-2H3. The maximum Gasteiger partial charge on any atom is 0.167 e. The molecular formula is C16H23NO3. The van der Waals surface area contributed by atoms with Crippen molar-refractivity contribution in [3.63, 3.8) is 0 Å². The van der Waals surface area contributed by atoms with Gasteiger partial charge in [0.1, 0.15) is 0 Å². The van der Waals surface area contributed by atoms with E-state index < -0.39 is 0 Å². The second-order valence-corrected chi connectivity index (χ2v) is 5.12. The number of nitrogens with one attached hydrogen (secondary N) is 1. The van der Waals surface area contributed by atoms with E-state index in [0.717, 1.165) is 32.4 Å². The van der Waals surface area contributed by atoms with Crippen LogP contribution in [-0.2, 0) is 0 Å². The monoisotopic (exact) mass is 277 g/mol. The zero-order chi connectivity index (χ0) is 14.4. The Kier molecular flexibility index (Phi) is 5.41. The van der Waals surface area contributed by atoms with E-state index in [-0.39, 0.29) is 11.7 Å². The number of Topliss-reactive ketones (excluding diaryl/α,β-unsaturated/α-hetero) is 1. The van der Waals surface area contributed by atoms with Crippen LogP contribution in [0.5, 0.6) is 11.5 Å². The predicted molar refractivity (Wildman–Crippen MR) is 78.7 cm³/mol. The summed E-state index contributed by atoms with van der Waals surface area (Å²) >= 11 is 0. The number of hydrogen-bond donors (Lipinski definition) is 1. The molecule has 20 heavy (non-hydrogen) atoms.